The van der Waals surface area contributed by atoms with Crippen molar-refractivity contribution in [3.63, 3.8) is 0 Å². The van der Waals surface area contributed by atoms with Gasteiger partial charge in [-0.2, -0.15) is 0 Å². The lowest BCUT2D eigenvalue weighted by Crippen LogP contribution is -2.33. The fraction of sp³-hybridized carbons (Fsp3) is 0.500. The summed E-state index contributed by atoms with van der Waals surface area (Å²) in [5.41, 5.74) is 6.44. The number of hydrogen-bond donors (Lipinski definition) is 5. The summed E-state index contributed by atoms with van der Waals surface area (Å²) >= 11 is 0. The normalized spacial score (nSPS) is 26.7. The van der Waals surface area contributed by atoms with E-state index < -0.39 is 36.2 Å². The van der Waals surface area contributed by atoms with Gasteiger partial charge in [0.25, 0.3) is 5.09 Å². The molecule has 4 atom stereocenters. The Bertz CT molecular complexity index is 689. The Kier molecular flexibility index (Phi) is 4.85. The molecule has 2 aromatic rings. The number of ether oxygens (including phenoxy) is 1. The van der Waals surface area contributed by atoms with Crippen LogP contribution in [0.2, 0.25) is 0 Å². The zero-order valence-corrected chi connectivity index (χ0v) is 11.5. The lowest BCUT2D eigenvalue weighted by molar-refractivity contribution is -0.742. The van der Waals surface area contributed by atoms with Crippen molar-refractivity contribution in [1.29, 1.82) is 0 Å². The highest BCUT2D eigenvalue weighted by molar-refractivity contribution is 5.81. The molecule has 1 aliphatic rings. The molecule has 1 fully saturated rings. The minimum atomic E-state index is -1.50. The molecule has 3 heterocycles. The smallest absolute Gasteiger partial charge is 0.291 e. The summed E-state index contributed by atoms with van der Waals surface area (Å²) in [5, 5.41) is 42.4. The summed E-state index contributed by atoms with van der Waals surface area (Å²) in [5.74, 6) is 0.218. The van der Waals surface area contributed by atoms with E-state index in [1.165, 1.54) is 17.2 Å². The fourth-order valence-electron chi connectivity index (χ4n) is 2.17. The minimum Gasteiger partial charge on any atom is -0.394 e. The average Bonchev–Trinajstić information content (AvgIpc) is 3.02. The topological polar surface area (TPSA) is 203 Å². The minimum absolute atomic E-state index is 0.218. The second-order valence-electron chi connectivity index (χ2n) is 4.55. The Morgan fingerprint density at radius 1 is 1.35 bits per heavy atom. The molecule has 0 aliphatic carbocycles. The van der Waals surface area contributed by atoms with Crippen molar-refractivity contribution in [2.45, 2.75) is 24.5 Å². The number of nitrogen functional groups attached to an aromatic ring is 1. The molecule has 126 valence electrons. The Morgan fingerprint density at radius 3 is 2.57 bits per heavy atom. The molecule has 3 rings (SSSR count). The van der Waals surface area contributed by atoms with E-state index in [1.807, 2.05) is 0 Å². The van der Waals surface area contributed by atoms with Crippen molar-refractivity contribution in [3.8, 4) is 0 Å². The van der Waals surface area contributed by atoms with Gasteiger partial charge in [-0.25, -0.2) is 15.0 Å². The van der Waals surface area contributed by atoms with Gasteiger partial charge in [-0.3, -0.25) is 4.57 Å². The van der Waals surface area contributed by atoms with E-state index in [4.69, 9.17) is 30.9 Å². The highest BCUT2D eigenvalue weighted by Gasteiger charge is 2.43. The van der Waals surface area contributed by atoms with E-state index in [-0.39, 0.29) is 5.82 Å². The van der Waals surface area contributed by atoms with Crippen LogP contribution in [0.5, 0.6) is 0 Å². The third-order valence-corrected chi connectivity index (χ3v) is 3.18. The molecule has 6 N–H and O–H groups in total. The zero-order valence-electron chi connectivity index (χ0n) is 11.5. The predicted octanol–water partition coefficient (Wildman–Crippen LogP) is -2.33. The summed E-state index contributed by atoms with van der Waals surface area (Å²) in [7, 11) is 0. The lowest BCUT2D eigenvalue weighted by atomic mass is 10.1. The number of fused-ring (bicyclic) bond motifs is 1. The number of anilines is 1. The van der Waals surface area contributed by atoms with Crippen LogP contribution in [0.15, 0.2) is 12.7 Å². The first kappa shape index (κ1) is 16.8. The van der Waals surface area contributed by atoms with Gasteiger partial charge in [0.1, 0.15) is 30.2 Å². The van der Waals surface area contributed by atoms with E-state index in [1.54, 1.807) is 0 Å². The zero-order chi connectivity index (χ0) is 17.1. The molecule has 1 aliphatic heterocycles. The molecule has 1 saturated heterocycles. The molecule has 0 amide bonds. The largest absolute Gasteiger partial charge is 0.394 e. The Labute approximate surface area is 127 Å². The maximum atomic E-state index is 9.95. The van der Waals surface area contributed by atoms with E-state index in [0.717, 1.165) is 0 Å². The van der Waals surface area contributed by atoms with Crippen LogP contribution in [0.25, 0.3) is 11.2 Å². The van der Waals surface area contributed by atoms with Crippen molar-refractivity contribution in [2.24, 2.45) is 0 Å². The number of hydrogen-bond acceptors (Lipinski definition) is 10. The highest BCUT2D eigenvalue weighted by Crippen LogP contribution is 2.31. The summed E-state index contributed by atoms with van der Waals surface area (Å²) in [6.07, 6.45) is -1.42. The molecule has 0 saturated carbocycles. The van der Waals surface area contributed by atoms with Crippen LogP contribution in [0.4, 0.5) is 5.82 Å². The van der Waals surface area contributed by atoms with E-state index in [2.05, 4.69) is 15.0 Å². The fourth-order valence-corrected chi connectivity index (χ4v) is 2.17. The van der Waals surface area contributed by atoms with E-state index in [9.17, 15) is 10.2 Å². The average molecular weight is 330 g/mol. The number of aliphatic hydroxyl groups is 3. The van der Waals surface area contributed by atoms with Crippen LogP contribution in [0.1, 0.15) is 6.23 Å². The van der Waals surface area contributed by atoms with Gasteiger partial charge >= 0.3 is 0 Å². The number of nitrogens with zero attached hydrogens (tertiary/aromatic N) is 5. The van der Waals surface area contributed by atoms with Crippen molar-refractivity contribution >= 4 is 17.0 Å². The van der Waals surface area contributed by atoms with Crippen molar-refractivity contribution in [2.75, 3.05) is 12.3 Å². The lowest BCUT2D eigenvalue weighted by Gasteiger charge is -2.16. The van der Waals surface area contributed by atoms with Crippen LogP contribution in [0, 0.1) is 10.1 Å². The molecule has 2 aromatic heterocycles. The molecule has 0 radical (unpaired) electrons. The molecule has 2 unspecified atom stereocenters. The number of aromatic nitrogens is 4. The summed E-state index contributed by atoms with van der Waals surface area (Å²) in [6, 6.07) is 0. The quantitative estimate of drug-likeness (QED) is 0.292. The second kappa shape index (κ2) is 6.66. The molecular formula is C10H14N6O7. The third kappa shape index (κ3) is 3.26. The van der Waals surface area contributed by atoms with Crippen LogP contribution < -0.4 is 5.73 Å². The standard InChI is InChI=1S/C10H13N5O4.HNO3/c11-8-5-9(13-2-12-8)15(3-14-5)10-7(18)6(17)4(1-16)19-10;2-1(3)4/h2-4,6-7,10,16-18H,1H2,(H2,11,12,13);(H,2,3,4)/t4-,6?,7?,10-;/m1./s1. The third-order valence-electron chi connectivity index (χ3n) is 3.18. The summed E-state index contributed by atoms with van der Waals surface area (Å²) in [6.45, 7) is -0.390. The van der Waals surface area contributed by atoms with Crippen LogP contribution >= 0.6 is 0 Å². The first-order valence-electron chi connectivity index (χ1n) is 6.25. The van der Waals surface area contributed by atoms with E-state index in [0.29, 0.717) is 11.2 Å². The van der Waals surface area contributed by atoms with Gasteiger partial charge in [0.2, 0.25) is 0 Å². The number of rotatable bonds is 2. The Hall–Kier alpha value is -2.61. The van der Waals surface area contributed by atoms with Gasteiger partial charge in [0.15, 0.2) is 17.7 Å². The molecular weight excluding hydrogens is 316 g/mol. The van der Waals surface area contributed by atoms with Crippen LogP contribution in [-0.4, -0.2) is 70.1 Å². The van der Waals surface area contributed by atoms with Gasteiger partial charge in [-0.1, -0.05) is 0 Å². The van der Waals surface area contributed by atoms with Gasteiger partial charge in [0, 0.05) is 0 Å². The van der Waals surface area contributed by atoms with Gasteiger partial charge < -0.3 is 31.0 Å². The van der Waals surface area contributed by atoms with Gasteiger partial charge in [0.05, 0.1) is 12.9 Å². The molecule has 0 aromatic carbocycles. The highest BCUT2D eigenvalue weighted by atomic mass is 16.9. The summed E-state index contributed by atoms with van der Waals surface area (Å²) in [4.78, 5) is 20.3. The molecule has 13 heteroatoms. The van der Waals surface area contributed by atoms with Crippen molar-refractivity contribution in [1.82, 2.24) is 19.5 Å². The maximum absolute atomic E-state index is 9.95. The van der Waals surface area contributed by atoms with Gasteiger partial charge in [-0.15, -0.1) is 10.1 Å². The van der Waals surface area contributed by atoms with Crippen molar-refractivity contribution in [3.05, 3.63) is 22.8 Å². The summed E-state index contributed by atoms with van der Waals surface area (Å²) < 4.78 is 6.85. The van der Waals surface area contributed by atoms with Crippen LogP contribution in [0.3, 0.4) is 0 Å². The number of imidazole rings is 1. The maximum Gasteiger partial charge on any atom is 0.291 e. The number of aliphatic hydroxyl groups excluding tert-OH is 3. The second-order valence-corrected chi connectivity index (χ2v) is 4.55. The number of nitrogens with two attached hydrogens (primary N) is 1. The molecule has 23 heavy (non-hydrogen) atoms. The van der Waals surface area contributed by atoms with Gasteiger partial charge in [-0.05, 0) is 0 Å². The molecule has 13 nitrogen and oxygen atoms in total. The first-order valence-corrected chi connectivity index (χ1v) is 6.25. The first-order chi connectivity index (χ1) is 10.9. The molecule has 0 bridgehead atoms. The van der Waals surface area contributed by atoms with E-state index >= 15 is 0 Å². The molecule has 0 spiro atoms. The monoisotopic (exact) mass is 330 g/mol. The SMILES string of the molecule is Nc1ncnc2c1ncn2[C@@H]1O[C@H](CO)C(O)C1O.O=[N+]([O-])O. The Morgan fingerprint density at radius 2 is 2.00 bits per heavy atom. The predicted molar refractivity (Wildman–Crippen MR) is 71.5 cm³/mol. The van der Waals surface area contributed by atoms with Crippen LogP contribution in [-0.2, 0) is 4.74 Å². The Balaban J connectivity index is 0.000000433. The van der Waals surface area contributed by atoms with Crippen molar-refractivity contribution < 1.29 is 30.4 Å².